The van der Waals surface area contributed by atoms with Gasteiger partial charge in [-0.1, -0.05) is 36.4 Å². The van der Waals surface area contributed by atoms with Crippen molar-refractivity contribution >= 4 is 29.3 Å². The third-order valence-corrected chi connectivity index (χ3v) is 7.28. The highest BCUT2D eigenvalue weighted by molar-refractivity contribution is 6.22. The first kappa shape index (κ1) is 24.4. The molecule has 0 spiro atoms. The molecule has 0 radical (unpaired) electrons. The highest BCUT2D eigenvalue weighted by Crippen LogP contribution is 2.45. The fraction of sp³-hybridized carbons (Fsp3) is 0.267. The summed E-state index contributed by atoms with van der Waals surface area (Å²) in [5.74, 6) is -1.36. The van der Waals surface area contributed by atoms with Crippen LogP contribution in [0.1, 0.15) is 51.5 Å². The average molecular weight is 498 g/mol. The van der Waals surface area contributed by atoms with E-state index in [0.29, 0.717) is 29.8 Å². The van der Waals surface area contributed by atoms with E-state index in [1.807, 2.05) is 18.2 Å². The van der Waals surface area contributed by atoms with Gasteiger partial charge in [0.25, 0.3) is 0 Å². The third-order valence-electron chi connectivity index (χ3n) is 7.28. The topological polar surface area (TPSA) is 90.0 Å². The van der Waals surface area contributed by atoms with Crippen molar-refractivity contribution in [3.8, 4) is 5.75 Å². The maximum atomic E-state index is 13.4. The van der Waals surface area contributed by atoms with Crippen LogP contribution in [0.2, 0.25) is 0 Å². The number of hydrogen-bond donors (Lipinski definition) is 0. The van der Waals surface area contributed by atoms with Crippen LogP contribution >= 0.6 is 0 Å². The van der Waals surface area contributed by atoms with Crippen molar-refractivity contribution in [2.75, 3.05) is 18.6 Å². The van der Waals surface area contributed by atoms with Crippen molar-refractivity contribution in [1.82, 2.24) is 0 Å². The lowest BCUT2D eigenvalue weighted by Crippen LogP contribution is -2.31. The molecule has 1 aliphatic carbocycles. The third kappa shape index (κ3) is 4.89. The van der Waals surface area contributed by atoms with Gasteiger partial charge in [-0.05, 0) is 73.2 Å². The molecule has 0 bridgehead atoms. The van der Waals surface area contributed by atoms with E-state index >= 15 is 0 Å². The summed E-state index contributed by atoms with van der Waals surface area (Å²) in [7, 11) is 1.53. The number of fused-ring (bicyclic) bond motifs is 1. The zero-order valence-corrected chi connectivity index (χ0v) is 20.5. The number of carbonyl (C=O) groups is 4. The number of benzene rings is 3. The molecule has 2 amide bonds. The van der Waals surface area contributed by atoms with Gasteiger partial charge in [0.2, 0.25) is 11.8 Å². The zero-order chi connectivity index (χ0) is 25.9. The van der Waals surface area contributed by atoms with Gasteiger partial charge in [-0.2, -0.15) is 0 Å². The van der Waals surface area contributed by atoms with E-state index in [1.54, 1.807) is 36.4 Å². The van der Waals surface area contributed by atoms with Crippen molar-refractivity contribution < 1.29 is 28.7 Å². The number of anilines is 1. The molecule has 1 saturated carbocycles. The molecule has 3 aromatic rings. The first-order valence-electron chi connectivity index (χ1n) is 12.3. The second kappa shape index (κ2) is 10.4. The van der Waals surface area contributed by atoms with Gasteiger partial charge >= 0.3 is 5.97 Å². The van der Waals surface area contributed by atoms with Crippen molar-refractivity contribution in [2.24, 2.45) is 11.8 Å². The van der Waals surface area contributed by atoms with Crippen molar-refractivity contribution in [3.63, 3.8) is 0 Å². The highest BCUT2D eigenvalue weighted by atomic mass is 16.5. The Hall–Kier alpha value is -4.26. The first-order chi connectivity index (χ1) is 18.0. The van der Waals surface area contributed by atoms with Gasteiger partial charge in [-0.3, -0.25) is 19.3 Å². The quantitative estimate of drug-likeness (QED) is 0.264. The van der Waals surface area contributed by atoms with Gasteiger partial charge in [-0.25, -0.2) is 4.79 Å². The van der Waals surface area contributed by atoms with Crippen LogP contribution in [0.15, 0.2) is 78.9 Å². The van der Waals surface area contributed by atoms with Gasteiger partial charge in [0.05, 0.1) is 30.2 Å². The SMILES string of the molecule is COc1ccc(C(=O)COC(=O)c2cccc(N3C(=O)[C@H]4CC[C@H](c5ccccc5)C[C@@H]4C3=O)c2)cc1. The number of amides is 2. The Balaban J connectivity index is 1.26. The van der Waals surface area contributed by atoms with Crippen LogP contribution in [0, 0.1) is 11.8 Å². The Labute approximate surface area is 215 Å². The Morgan fingerprint density at radius 2 is 1.57 bits per heavy atom. The average Bonchev–Trinajstić information content (AvgIpc) is 3.20. The van der Waals surface area contributed by atoms with Gasteiger partial charge < -0.3 is 9.47 Å². The summed E-state index contributed by atoms with van der Waals surface area (Å²) < 4.78 is 10.3. The summed E-state index contributed by atoms with van der Waals surface area (Å²) in [6.07, 6.45) is 2.14. The number of nitrogens with zero attached hydrogens (tertiary/aromatic N) is 1. The maximum absolute atomic E-state index is 13.4. The molecule has 2 aliphatic rings. The number of rotatable bonds is 7. The second-order valence-electron chi connectivity index (χ2n) is 9.42. The van der Waals surface area contributed by atoms with Crippen molar-refractivity contribution in [1.29, 1.82) is 0 Å². The molecule has 1 saturated heterocycles. The van der Waals surface area contributed by atoms with E-state index in [1.165, 1.54) is 29.7 Å². The van der Waals surface area contributed by atoms with Crippen LogP contribution in [0.4, 0.5) is 5.69 Å². The standard InChI is InChI=1S/C30H27NO6/c1-36-24-13-10-20(11-14-24)27(32)18-37-30(35)22-8-5-9-23(16-22)31-28(33)25-15-12-21(17-26(25)29(31)34)19-6-3-2-4-7-19/h2-11,13-14,16,21,25-26H,12,15,17-18H2,1H3/t21-,25-,26-/m0/s1. The molecule has 1 aliphatic heterocycles. The van der Waals surface area contributed by atoms with E-state index in [-0.39, 0.29) is 40.9 Å². The van der Waals surface area contributed by atoms with E-state index in [0.717, 1.165) is 6.42 Å². The van der Waals surface area contributed by atoms with Crippen molar-refractivity contribution in [3.05, 3.63) is 95.6 Å². The van der Waals surface area contributed by atoms with Crippen LogP contribution in [-0.4, -0.2) is 37.3 Å². The van der Waals surface area contributed by atoms with Crippen molar-refractivity contribution in [2.45, 2.75) is 25.2 Å². The number of ether oxygens (including phenoxy) is 2. The summed E-state index contributed by atoms with van der Waals surface area (Å²) >= 11 is 0. The Kier molecular flexibility index (Phi) is 6.86. The molecular weight excluding hydrogens is 470 g/mol. The van der Waals surface area contributed by atoms with Crippen LogP contribution < -0.4 is 9.64 Å². The predicted octanol–water partition coefficient (Wildman–Crippen LogP) is 4.81. The van der Waals surface area contributed by atoms with Gasteiger partial charge in [0, 0.05) is 5.56 Å². The van der Waals surface area contributed by atoms with Crippen LogP contribution in [0.25, 0.3) is 0 Å². The van der Waals surface area contributed by atoms with Crippen LogP contribution in [0.3, 0.4) is 0 Å². The number of imide groups is 1. The number of Topliss-reactive ketones (excluding diaryl/α,β-unsaturated/α-hetero) is 1. The molecule has 5 rings (SSSR count). The summed E-state index contributed by atoms with van der Waals surface area (Å²) in [5.41, 5.74) is 2.09. The fourth-order valence-corrected chi connectivity index (χ4v) is 5.31. The predicted molar refractivity (Wildman–Crippen MR) is 137 cm³/mol. The van der Waals surface area contributed by atoms with Gasteiger partial charge in [0.15, 0.2) is 12.4 Å². The van der Waals surface area contributed by atoms with Crippen LogP contribution in [0.5, 0.6) is 5.75 Å². The van der Waals surface area contributed by atoms with Gasteiger partial charge in [0.1, 0.15) is 5.75 Å². The Morgan fingerprint density at radius 3 is 2.30 bits per heavy atom. The molecule has 2 fully saturated rings. The minimum Gasteiger partial charge on any atom is -0.497 e. The Bertz CT molecular complexity index is 1330. The van der Waals surface area contributed by atoms with E-state index in [9.17, 15) is 19.2 Å². The molecular formula is C30H27NO6. The second-order valence-corrected chi connectivity index (χ2v) is 9.42. The monoisotopic (exact) mass is 497 g/mol. The fourth-order valence-electron chi connectivity index (χ4n) is 5.31. The number of carbonyl (C=O) groups excluding carboxylic acids is 4. The van der Waals surface area contributed by atoms with Gasteiger partial charge in [-0.15, -0.1) is 0 Å². The summed E-state index contributed by atoms with van der Waals surface area (Å²) in [6, 6.07) is 22.8. The number of ketones is 1. The smallest absolute Gasteiger partial charge is 0.338 e. The van der Waals surface area contributed by atoms with Crippen LogP contribution in [-0.2, 0) is 14.3 Å². The minimum absolute atomic E-state index is 0.165. The minimum atomic E-state index is -0.704. The normalized spacial score (nSPS) is 20.9. The van der Waals surface area contributed by atoms with E-state index in [4.69, 9.17) is 9.47 Å². The lowest BCUT2D eigenvalue weighted by atomic mass is 9.73. The summed E-state index contributed by atoms with van der Waals surface area (Å²) in [5, 5.41) is 0. The summed E-state index contributed by atoms with van der Waals surface area (Å²) in [6.45, 7) is -0.429. The number of methoxy groups -OCH3 is 1. The molecule has 0 aromatic heterocycles. The number of hydrogen-bond acceptors (Lipinski definition) is 6. The largest absolute Gasteiger partial charge is 0.497 e. The molecule has 37 heavy (non-hydrogen) atoms. The molecule has 0 N–H and O–H groups in total. The van der Waals surface area contributed by atoms with E-state index < -0.39 is 12.6 Å². The first-order valence-corrected chi connectivity index (χ1v) is 12.3. The molecule has 7 heteroatoms. The lowest BCUT2D eigenvalue weighted by molar-refractivity contribution is -0.122. The maximum Gasteiger partial charge on any atom is 0.338 e. The van der Waals surface area contributed by atoms with E-state index in [2.05, 4.69) is 12.1 Å². The molecule has 7 nitrogen and oxygen atoms in total. The molecule has 3 aromatic carbocycles. The Morgan fingerprint density at radius 1 is 0.838 bits per heavy atom. The highest BCUT2D eigenvalue weighted by Gasteiger charge is 2.50. The summed E-state index contributed by atoms with van der Waals surface area (Å²) in [4.78, 5) is 52.9. The zero-order valence-electron chi connectivity index (χ0n) is 20.5. The molecule has 188 valence electrons. The molecule has 3 atom stereocenters. The molecule has 0 unspecified atom stereocenters. The lowest BCUT2D eigenvalue weighted by Gasteiger charge is -2.28. The molecule has 1 heterocycles. The number of esters is 1.